The summed E-state index contributed by atoms with van der Waals surface area (Å²) in [7, 11) is 0. The average molecular weight is 429 g/mol. The summed E-state index contributed by atoms with van der Waals surface area (Å²) in [5, 5.41) is 0. The van der Waals surface area contributed by atoms with Crippen molar-refractivity contribution in [1.82, 2.24) is 9.80 Å². The molecule has 29 heavy (non-hydrogen) atoms. The van der Waals surface area contributed by atoms with Gasteiger partial charge in [0.1, 0.15) is 5.76 Å². The van der Waals surface area contributed by atoms with E-state index >= 15 is 0 Å². The molecule has 0 spiro atoms. The Morgan fingerprint density at radius 3 is 2.34 bits per heavy atom. The smallest absolute Gasteiger partial charge is 0.289 e. The minimum atomic E-state index is -0.0876. The number of piperazine rings is 1. The number of nitrogens with zero attached hydrogens (tertiary/aromatic N) is 2. The number of carbonyl (C=O) groups is 2. The summed E-state index contributed by atoms with van der Waals surface area (Å²) in [4.78, 5) is 29.6. The van der Waals surface area contributed by atoms with E-state index in [1.165, 1.54) is 11.8 Å². The summed E-state index contributed by atoms with van der Waals surface area (Å²) in [5.41, 5.74) is 1.49. The zero-order valence-corrected chi connectivity index (χ0v) is 17.6. The number of hydrogen-bond donors (Lipinski definition) is 0. The van der Waals surface area contributed by atoms with E-state index in [9.17, 15) is 9.59 Å². The molecule has 5 nitrogen and oxygen atoms in total. The number of furan rings is 1. The van der Waals surface area contributed by atoms with Gasteiger partial charge < -0.3 is 9.32 Å². The summed E-state index contributed by atoms with van der Waals surface area (Å²) in [5.74, 6) is 0.898. The first-order chi connectivity index (χ1) is 14.0. The maximum atomic E-state index is 12.8. The standard InChI is InChI=1S/C22H21ClN2O3S/c1-15(26)16-2-4-17(5-3-16)19-7-8-20(28-19)22(27)25-12-10-24(11-13-25)14-18-6-9-21(23)29-18/h2-9H,10-14H2,1H3. The third-order valence-corrected chi connectivity index (χ3v) is 6.28. The van der Waals surface area contributed by atoms with Gasteiger partial charge in [-0.15, -0.1) is 11.3 Å². The second-order valence-electron chi connectivity index (χ2n) is 7.07. The van der Waals surface area contributed by atoms with Crippen molar-refractivity contribution in [1.29, 1.82) is 0 Å². The van der Waals surface area contributed by atoms with Gasteiger partial charge in [-0.2, -0.15) is 0 Å². The number of halogens is 1. The number of Topliss-reactive ketones (excluding diaryl/α,β-unsaturated/α-hetero) is 1. The highest BCUT2D eigenvalue weighted by molar-refractivity contribution is 7.16. The molecule has 0 bridgehead atoms. The molecule has 1 aromatic carbocycles. The van der Waals surface area contributed by atoms with E-state index in [1.807, 2.05) is 23.1 Å². The Morgan fingerprint density at radius 2 is 1.72 bits per heavy atom. The number of amides is 1. The highest BCUT2D eigenvalue weighted by Gasteiger charge is 2.24. The third kappa shape index (κ3) is 4.61. The van der Waals surface area contributed by atoms with Crippen LogP contribution in [0.2, 0.25) is 4.34 Å². The van der Waals surface area contributed by atoms with Crippen LogP contribution in [0.4, 0.5) is 0 Å². The molecule has 0 aliphatic carbocycles. The van der Waals surface area contributed by atoms with Crippen LogP contribution in [0.1, 0.15) is 32.7 Å². The molecule has 150 valence electrons. The van der Waals surface area contributed by atoms with E-state index in [-0.39, 0.29) is 11.7 Å². The minimum absolute atomic E-state index is 0.0215. The molecule has 7 heteroatoms. The Morgan fingerprint density at radius 1 is 1.00 bits per heavy atom. The molecule has 1 amide bonds. The molecule has 2 aromatic heterocycles. The molecule has 1 saturated heterocycles. The van der Waals surface area contributed by atoms with Crippen LogP contribution in [0.3, 0.4) is 0 Å². The zero-order chi connectivity index (χ0) is 20.4. The van der Waals surface area contributed by atoms with E-state index < -0.39 is 0 Å². The van der Waals surface area contributed by atoms with Gasteiger partial charge in [0.25, 0.3) is 5.91 Å². The van der Waals surface area contributed by atoms with Crippen LogP contribution in [0.15, 0.2) is 52.9 Å². The lowest BCUT2D eigenvalue weighted by molar-refractivity contribution is 0.0599. The molecule has 0 saturated carbocycles. The number of rotatable bonds is 5. The van der Waals surface area contributed by atoms with Crippen molar-refractivity contribution in [3.8, 4) is 11.3 Å². The van der Waals surface area contributed by atoms with Gasteiger partial charge in [-0.3, -0.25) is 14.5 Å². The van der Waals surface area contributed by atoms with Gasteiger partial charge in [-0.05, 0) is 31.2 Å². The van der Waals surface area contributed by atoms with Crippen molar-refractivity contribution < 1.29 is 14.0 Å². The molecule has 1 fully saturated rings. The third-order valence-electron chi connectivity index (χ3n) is 5.06. The molecular formula is C22H21ClN2O3S. The highest BCUT2D eigenvalue weighted by Crippen LogP contribution is 2.25. The van der Waals surface area contributed by atoms with Crippen molar-refractivity contribution in [3.63, 3.8) is 0 Å². The fourth-order valence-corrected chi connectivity index (χ4v) is 4.53. The van der Waals surface area contributed by atoms with Crippen LogP contribution in [0, 0.1) is 0 Å². The molecule has 3 aromatic rings. The molecule has 0 unspecified atom stereocenters. The lowest BCUT2D eigenvalue weighted by Gasteiger charge is -2.34. The summed E-state index contributed by atoms with van der Waals surface area (Å²) >= 11 is 7.60. The second kappa shape index (κ2) is 8.53. The van der Waals surface area contributed by atoms with E-state index in [4.69, 9.17) is 16.0 Å². The Bertz CT molecular complexity index is 1020. The SMILES string of the molecule is CC(=O)c1ccc(-c2ccc(C(=O)N3CCN(Cc4ccc(Cl)s4)CC3)o2)cc1. The van der Waals surface area contributed by atoms with Gasteiger partial charge >= 0.3 is 0 Å². The van der Waals surface area contributed by atoms with Gasteiger partial charge in [0.15, 0.2) is 11.5 Å². The first-order valence-electron chi connectivity index (χ1n) is 9.46. The number of thiophene rings is 1. The summed E-state index contributed by atoms with van der Waals surface area (Å²) in [6.07, 6.45) is 0. The number of hydrogen-bond acceptors (Lipinski definition) is 5. The van der Waals surface area contributed by atoms with Crippen LogP contribution in [0.5, 0.6) is 0 Å². The van der Waals surface area contributed by atoms with E-state index in [1.54, 1.807) is 35.6 Å². The molecule has 0 atom stereocenters. The van der Waals surface area contributed by atoms with Gasteiger partial charge in [-0.25, -0.2) is 0 Å². The number of carbonyl (C=O) groups excluding carboxylic acids is 2. The van der Waals surface area contributed by atoms with Crippen molar-refractivity contribution in [2.45, 2.75) is 13.5 Å². The number of ketones is 1. The Balaban J connectivity index is 1.36. The minimum Gasteiger partial charge on any atom is -0.451 e. The van der Waals surface area contributed by atoms with Crippen molar-refractivity contribution in [2.24, 2.45) is 0 Å². The lowest BCUT2D eigenvalue weighted by atomic mass is 10.1. The second-order valence-corrected chi connectivity index (χ2v) is 8.87. The van der Waals surface area contributed by atoms with Crippen LogP contribution in [-0.2, 0) is 6.54 Å². The first kappa shape index (κ1) is 19.9. The number of benzene rings is 1. The fraction of sp³-hybridized carbons (Fsp3) is 0.273. The molecule has 1 aliphatic rings. The van der Waals surface area contributed by atoms with Gasteiger partial charge in [-0.1, -0.05) is 35.9 Å². The zero-order valence-electron chi connectivity index (χ0n) is 16.1. The normalized spacial score (nSPS) is 14.9. The molecule has 3 heterocycles. The average Bonchev–Trinajstić information content (AvgIpc) is 3.37. The summed E-state index contributed by atoms with van der Waals surface area (Å²) in [6.45, 7) is 5.37. The van der Waals surface area contributed by atoms with Gasteiger partial charge in [0, 0.05) is 48.7 Å². The topological polar surface area (TPSA) is 53.8 Å². The van der Waals surface area contributed by atoms with Crippen molar-refractivity contribution >= 4 is 34.6 Å². The van der Waals surface area contributed by atoms with Gasteiger partial charge in [0.05, 0.1) is 4.34 Å². The Labute approximate surface area is 178 Å². The maximum absolute atomic E-state index is 12.8. The molecule has 4 rings (SSSR count). The molecule has 0 N–H and O–H groups in total. The monoisotopic (exact) mass is 428 g/mol. The summed E-state index contributed by atoms with van der Waals surface area (Å²) in [6, 6.07) is 14.7. The van der Waals surface area contributed by atoms with E-state index in [0.29, 0.717) is 30.2 Å². The van der Waals surface area contributed by atoms with Crippen LogP contribution in [-0.4, -0.2) is 47.7 Å². The van der Waals surface area contributed by atoms with Crippen LogP contribution in [0.25, 0.3) is 11.3 Å². The summed E-state index contributed by atoms with van der Waals surface area (Å²) < 4.78 is 6.61. The molecular weight excluding hydrogens is 408 g/mol. The fourth-order valence-electron chi connectivity index (χ4n) is 3.40. The van der Waals surface area contributed by atoms with E-state index in [0.717, 1.165) is 29.5 Å². The first-order valence-corrected chi connectivity index (χ1v) is 10.7. The predicted octanol–water partition coefficient (Wildman–Crippen LogP) is 4.82. The highest BCUT2D eigenvalue weighted by atomic mass is 35.5. The van der Waals surface area contributed by atoms with Crippen molar-refractivity contribution in [3.05, 3.63) is 69.1 Å². The van der Waals surface area contributed by atoms with Crippen LogP contribution < -0.4 is 0 Å². The molecule has 1 aliphatic heterocycles. The quantitative estimate of drug-likeness (QED) is 0.546. The van der Waals surface area contributed by atoms with E-state index in [2.05, 4.69) is 11.0 Å². The maximum Gasteiger partial charge on any atom is 0.289 e. The predicted molar refractivity (Wildman–Crippen MR) is 115 cm³/mol. The van der Waals surface area contributed by atoms with Gasteiger partial charge in [0.2, 0.25) is 0 Å². The van der Waals surface area contributed by atoms with Crippen LogP contribution >= 0.6 is 22.9 Å². The van der Waals surface area contributed by atoms with Crippen molar-refractivity contribution in [2.75, 3.05) is 26.2 Å². The molecule has 0 radical (unpaired) electrons. The Kier molecular flexibility index (Phi) is 5.85. The Hall–Kier alpha value is -2.41. The largest absolute Gasteiger partial charge is 0.451 e. The lowest BCUT2D eigenvalue weighted by Crippen LogP contribution is -2.48.